The number of carbonyl (C=O) groups excluding carboxylic acids is 1. The van der Waals surface area contributed by atoms with Crippen molar-refractivity contribution in [3.05, 3.63) is 118 Å². The molecule has 2 heterocycles. The first-order chi connectivity index (χ1) is 22.9. The van der Waals surface area contributed by atoms with Crippen LogP contribution in [-0.2, 0) is 16.2 Å². The van der Waals surface area contributed by atoms with Gasteiger partial charge in [0.1, 0.15) is 5.71 Å². The van der Waals surface area contributed by atoms with Crippen molar-refractivity contribution in [1.29, 1.82) is 0 Å². The Morgan fingerprint density at radius 1 is 0.830 bits per heavy atom. The first kappa shape index (κ1) is 30.8. The average molecular weight is 639 g/mol. The van der Waals surface area contributed by atoms with Crippen LogP contribution in [-0.4, -0.2) is 16.2 Å². The molecule has 5 aromatic carbocycles. The molecule has 0 aliphatic heterocycles. The van der Waals surface area contributed by atoms with E-state index in [0.717, 1.165) is 95.2 Å². The van der Waals surface area contributed by atoms with Crippen molar-refractivity contribution in [3.63, 3.8) is 0 Å². The van der Waals surface area contributed by atoms with Crippen LogP contribution in [0.4, 0.5) is 0 Å². The Bertz CT molecular complexity index is 2420. The number of aromatic nitrogens is 1. The maximum absolute atomic E-state index is 14.4. The van der Waals surface area contributed by atoms with E-state index in [2.05, 4.69) is 60.0 Å². The predicted octanol–water partition coefficient (Wildman–Crippen LogP) is 10.5. The van der Waals surface area contributed by atoms with Crippen LogP contribution in [0, 0.1) is 12.8 Å². The van der Waals surface area contributed by atoms with Gasteiger partial charge in [-0.2, -0.15) is 0 Å². The van der Waals surface area contributed by atoms with Crippen molar-refractivity contribution in [2.24, 2.45) is 11.1 Å². The van der Waals surface area contributed by atoms with Crippen LogP contribution >= 0.6 is 11.3 Å². The zero-order valence-corrected chi connectivity index (χ0v) is 28.1. The molecule has 0 bridgehead atoms. The lowest BCUT2D eigenvalue weighted by Gasteiger charge is -2.19. The molecular formula is C41H38N2O3S. The zero-order chi connectivity index (χ0) is 32.7. The molecule has 0 aliphatic carbocycles. The summed E-state index contributed by atoms with van der Waals surface area (Å²) < 4.78 is 4.43. The number of carbonyl (C=O) groups is 1. The number of nitrogens with zero attached hydrogens (tertiary/aromatic N) is 2. The van der Waals surface area contributed by atoms with Crippen molar-refractivity contribution >= 4 is 75.8 Å². The third-order valence-corrected chi connectivity index (χ3v) is 10.6. The highest BCUT2D eigenvalue weighted by Gasteiger charge is 2.24. The second kappa shape index (κ2) is 12.8. The summed E-state index contributed by atoms with van der Waals surface area (Å²) >= 11 is 1.66. The van der Waals surface area contributed by atoms with Crippen molar-refractivity contribution in [3.8, 4) is 0 Å². The van der Waals surface area contributed by atoms with Crippen molar-refractivity contribution < 1.29 is 9.63 Å². The van der Waals surface area contributed by atoms with E-state index >= 15 is 0 Å². The minimum Gasteiger partial charge on any atom is -0.340 e. The smallest absolute Gasteiger partial charge is 0.332 e. The lowest BCUT2D eigenvalue weighted by Crippen LogP contribution is -2.11. The van der Waals surface area contributed by atoms with E-state index in [9.17, 15) is 9.59 Å². The zero-order valence-electron chi connectivity index (χ0n) is 27.3. The van der Waals surface area contributed by atoms with Crippen molar-refractivity contribution in [2.45, 2.75) is 59.9 Å². The number of hydrogen-bond donors (Lipinski definition) is 0. The summed E-state index contributed by atoms with van der Waals surface area (Å²) in [5, 5.41) is 10.1. The number of fused-ring (bicyclic) bond motifs is 8. The minimum absolute atomic E-state index is 0.0550. The third kappa shape index (κ3) is 5.40. The van der Waals surface area contributed by atoms with E-state index in [4.69, 9.17) is 4.84 Å². The SMILES string of the molecule is CCCCC(CC)Cn1c2ccc3sc4ccccc4c(=O)c3c2c2cc(/C(=N\OC(C)=O)c3ccccc3C)c3ccccc3c21. The van der Waals surface area contributed by atoms with Gasteiger partial charge in [-0.05, 0) is 60.5 Å². The van der Waals surface area contributed by atoms with E-state index in [1.807, 2.05) is 61.5 Å². The average Bonchev–Trinajstić information content (AvgIpc) is 3.40. The Hall–Kier alpha value is -4.81. The standard InChI is InChI=1S/C41H38N2O3S/c1-5-7-15-27(6-2)24-43-34-21-22-36-38(41(45)31-19-12-13-20-35(31)47-36)37(34)33-23-32(29-17-10-11-18-30(29)40(33)43)39(42-46-26(4)44)28-16-9-8-14-25(28)3/h8-14,16-23,27H,5-7,15,24H2,1-4H3/b42-39-. The van der Waals surface area contributed by atoms with Crippen molar-refractivity contribution in [1.82, 2.24) is 4.57 Å². The van der Waals surface area contributed by atoms with Crippen LogP contribution in [0.15, 0.2) is 101 Å². The van der Waals surface area contributed by atoms with E-state index in [1.165, 1.54) is 13.3 Å². The number of rotatable bonds is 9. The van der Waals surface area contributed by atoms with E-state index in [1.54, 1.807) is 11.3 Å². The molecule has 7 rings (SSSR count). The molecule has 236 valence electrons. The van der Waals surface area contributed by atoms with E-state index in [-0.39, 0.29) is 5.43 Å². The number of oxime groups is 1. The van der Waals surface area contributed by atoms with Gasteiger partial charge in [-0.3, -0.25) is 4.79 Å². The molecule has 7 aromatic rings. The fourth-order valence-corrected chi connectivity index (χ4v) is 8.18. The van der Waals surface area contributed by atoms with Gasteiger partial charge in [0.2, 0.25) is 0 Å². The molecule has 0 aliphatic rings. The van der Waals surface area contributed by atoms with Gasteiger partial charge >= 0.3 is 5.97 Å². The van der Waals surface area contributed by atoms with Crippen molar-refractivity contribution in [2.75, 3.05) is 0 Å². The molecule has 1 atom stereocenters. The topological polar surface area (TPSA) is 60.7 Å². The van der Waals surface area contributed by atoms with Crippen LogP contribution in [0.25, 0.3) is 52.8 Å². The molecule has 0 saturated heterocycles. The van der Waals surface area contributed by atoms with Gasteiger partial charge in [0.05, 0.1) is 5.52 Å². The van der Waals surface area contributed by atoms with Gasteiger partial charge in [0, 0.05) is 66.4 Å². The van der Waals surface area contributed by atoms with E-state index in [0.29, 0.717) is 11.6 Å². The Morgan fingerprint density at radius 3 is 2.30 bits per heavy atom. The second-order valence-corrected chi connectivity index (χ2v) is 13.6. The molecule has 0 spiro atoms. The Kier molecular flexibility index (Phi) is 8.37. The van der Waals surface area contributed by atoms with Gasteiger partial charge in [-0.1, -0.05) is 98.9 Å². The van der Waals surface area contributed by atoms with E-state index < -0.39 is 5.97 Å². The summed E-state index contributed by atoms with van der Waals surface area (Å²) in [5.41, 5.74) is 5.59. The molecular weight excluding hydrogens is 601 g/mol. The lowest BCUT2D eigenvalue weighted by molar-refractivity contribution is -0.140. The minimum atomic E-state index is -0.480. The quantitative estimate of drug-likeness (QED) is 0.0684. The fraction of sp³-hybridized carbons (Fsp3) is 0.244. The molecule has 2 aromatic heterocycles. The lowest BCUT2D eigenvalue weighted by atomic mass is 9.92. The van der Waals surface area contributed by atoms with Crippen LogP contribution < -0.4 is 5.43 Å². The third-order valence-electron chi connectivity index (χ3n) is 9.47. The largest absolute Gasteiger partial charge is 0.340 e. The molecule has 0 fully saturated rings. The number of aryl methyl sites for hydroxylation is 1. The summed E-state index contributed by atoms with van der Waals surface area (Å²) in [6.07, 6.45) is 4.59. The van der Waals surface area contributed by atoms with Gasteiger partial charge < -0.3 is 9.40 Å². The molecule has 0 N–H and O–H groups in total. The molecule has 1 unspecified atom stereocenters. The second-order valence-electron chi connectivity index (χ2n) is 12.5. The Balaban J connectivity index is 1.67. The molecule has 6 heteroatoms. The molecule has 0 radical (unpaired) electrons. The highest BCUT2D eigenvalue weighted by molar-refractivity contribution is 7.24. The number of benzene rings is 5. The first-order valence-corrected chi connectivity index (χ1v) is 17.4. The highest BCUT2D eigenvalue weighted by atomic mass is 32.1. The van der Waals surface area contributed by atoms with Crippen LogP contribution in [0.3, 0.4) is 0 Å². The number of hydrogen-bond acceptors (Lipinski definition) is 5. The van der Waals surface area contributed by atoms with Crippen LogP contribution in [0.2, 0.25) is 0 Å². The summed E-state index contributed by atoms with van der Waals surface area (Å²) in [7, 11) is 0. The predicted molar refractivity (Wildman–Crippen MR) is 198 cm³/mol. The maximum atomic E-state index is 14.4. The first-order valence-electron chi connectivity index (χ1n) is 16.5. The monoisotopic (exact) mass is 638 g/mol. The Labute approximate surface area is 278 Å². The summed E-state index contributed by atoms with van der Waals surface area (Å²) in [4.78, 5) is 31.9. The van der Waals surface area contributed by atoms with Crippen LogP contribution in [0.1, 0.15) is 63.1 Å². The normalized spacial score (nSPS) is 12.9. The van der Waals surface area contributed by atoms with Crippen LogP contribution in [0.5, 0.6) is 0 Å². The number of unbranched alkanes of at least 4 members (excludes halogenated alkanes) is 1. The summed E-state index contributed by atoms with van der Waals surface area (Å²) in [6, 6.07) is 30.8. The molecule has 5 nitrogen and oxygen atoms in total. The fourth-order valence-electron chi connectivity index (χ4n) is 7.09. The summed E-state index contributed by atoms with van der Waals surface area (Å²) in [6.45, 7) is 8.80. The molecule has 0 amide bonds. The maximum Gasteiger partial charge on any atom is 0.332 e. The summed E-state index contributed by atoms with van der Waals surface area (Å²) in [5.74, 6) is 0.0215. The molecule has 47 heavy (non-hydrogen) atoms. The molecule has 0 saturated carbocycles. The Morgan fingerprint density at radius 2 is 1.55 bits per heavy atom. The van der Waals surface area contributed by atoms with Gasteiger partial charge in [0.25, 0.3) is 0 Å². The van der Waals surface area contributed by atoms with Gasteiger partial charge in [-0.25, -0.2) is 4.79 Å². The van der Waals surface area contributed by atoms with Gasteiger partial charge in [-0.15, -0.1) is 11.3 Å². The van der Waals surface area contributed by atoms with Gasteiger partial charge in [0.15, 0.2) is 5.43 Å². The highest BCUT2D eigenvalue weighted by Crippen LogP contribution is 2.42.